The average Bonchev–Trinajstić information content (AvgIpc) is 2.88. The Bertz CT molecular complexity index is 419. The zero-order chi connectivity index (χ0) is 13.9. The van der Waals surface area contributed by atoms with Crippen LogP contribution in [0.3, 0.4) is 0 Å². The van der Waals surface area contributed by atoms with Gasteiger partial charge in [-0.25, -0.2) is 4.98 Å². The van der Waals surface area contributed by atoms with Gasteiger partial charge in [0.15, 0.2) is 0 Å². The van der Waals surface area contributed by atoms with E-state index in [2.05, 4.69) is 4.98 Å². The summed E-state index contributed by atoms with van der Waals surface area (Å²) >= 11 is 1.31. The highest BCUT2D eigenvalue weighted by Crippen LogP contribution is 2.42. The number of halogens is 3. The Labute approximate surface area is 112 Å². The van der Waals surface area contributed by atoms with E-state index in [-0.39, 0.29) is 19.4 Å². The van der Waals surface area contributed by atoms with Gasteiger partial charge in [-0.1, -0.05) is 12.8 Å². The minimum atomic E-state index is -4.33. The fourth-order valence-corrected chi connectivity index (χ4v) is 2.90. The van der Waals surface area contributed by atoms with Crippen molar-refractivity contribution in [3.63, 3.8) is 0 Å². The van der Waals surface area contributed by atoms with Gasteiger partial charge in [-0.3, -0.25) is 4.79 Å². The van der Waals surface area contributed by atoms with E-state index in [1.54, 1.807) is 11.6 Å². The zero-order valence-corrected chi connectivity index (χ0v) is 11.0. The summed E-state index contributed by atoms with van der Waals surface area (Å²) in [6.45, 7) is -0.0441. The maximum Gasteiger partial charge on any atom is 0.392 e. The first-order valence-corrected chi connectivity index (χ1v) is 6.98. The minimum absolute atomic E-state index is 0.0144. The van der Waals surface area contributed by atoms with Gasteiger partial charge in [0.25, 0.3) is 0 Å². The van der Waals surface area contributed by atoms with Crippen molar-refractivity contribution >= 4 is 17.3 Å². The van der Waals surface area contributed by atoms with Gasteiger partial charge in [0.05, 0.1) is 11.8 Å². The molecule has 1 heterocycles. The van der Waals surface area contributed by atoms with Crippen molar-refractivity contribution < 1.29 is 22.7 Å². The van der Waals surface area contributed by atoms with Crippen LogP contribution in [0, 0.1) is 11.8 Å². The van der Waals surface area contributed by atoms with Crippen molar-refractivity contribution in [3.05, 3.63) is 16.6 Å². The molecule has 0 spiro atoms. The van der Waals surface area contributed by atoms with Crippen molar-refractivity contribution in [1.29, 1.82) is 0 Å². The van der Waals surface area contributed by atoms with Crippen LogP contribution in [0.1, 0.15) is 30.7 Å². The Morgan fingerprint density at radius 2 is 2.16 bits per heavy atom. The first-order valence-electron chi connectivity index (χ1n) is 6.10. The highest BCUT2D eigenvalue weighted by molar-refractivity contribution is 7.09. The molecule has 1 fully saturated rings. The monoisotopic (exact) mass is 293 g/mol. The molecule has 0 saturated heterocycles. The number of carbonyl (C=O) groups is 1. The first-order chi connectivity index (χ1) is 8.98. The third-order valence-electron chi connectivity index (χ3n) is 3.31. The van der Waals surface area contributed by atoms with Gasteiger partial charge < -0.3 is 4.74 Å². The number of nitrogens with zero attached hydrogens (tertiary/aromatic N) is 1. The van der Waals surface area contributed by atoms with Crippen molar-refractivity contribution in [2.75, 3.05) is 0 Å². The van der Waals surface area contributed by atoms with Crippen LogP contribution >= 0.6 is 11.3 Å². The molecule has 1 saturated carbocycles. The summed E-state index contributed by atoms with van der Waals surface area (Å²) in [7, 11) is 0. The van der Waals surface area contributed by atoms with Crippen molar-refractivity contribution in [2.24, 2.45) is 11.8 Å². The molecule has 2 atom stereocenters. The summed E-state index contributed by atoms with van der Waals surface area (Å²) in [6, 6.07) is 0. The van der Waals surface area contributed by atoms with E-state index in [1.807, 2.05) is 0 Å². The molecule has 0 radical (unpaired) electrons. The molecular formula is C12H14F3NO2S. The number of esters is 1. The number of hydrogen-bond donors (Lipinski definition) is 0. The number of hydrogen-bond acceptors (Lipinski definition) is 4. The molecule has 0 N–H and O–H groups in total. The number of rotatable bonds is 3. The normalized spacial score (nSPS) is 24.2. The molecule has 1 aliphatic rings. The second-order valence-electron chi connectivity index (χ2n) is 4.57. The van der Waals surface area contributed by atoms with Gasteiger partial charge in [0.2, 0.25) is 0 Å². The van der Waals surface area contributed by atoms with Gasteiger partial charge in [-0.2, -0.15) is 13.2 Å². The number of ether oxygens (including phenoxy) is 1. The second kappa shape index (κ2) is 5.90. The lowest BCUT2D eigenvalue weighted by atomic mass is 9.79. The number of carbonyl (C=O) groups excluding carboxylic acids is 1. The summed E-state index contributed by atoms with van der Waals surface area (Å²) in [6.07, 6.45) is -1.34. The summed E-state index contributed by atoms with van der Waals surface area (Å²) in [5, 5.41) is 2.31. The van der Waals surface area contributed by atoms with Crippen LogP contribution < -0.4 is 0 Å². The molecule has 0 bridgehead atoms. The van der Waals surface area contributed by atoms with Gasteiger partial charge in [0.1, 0.15) is 11.6 Å². The average molecular weight is 293 g/mol. The third kappa shape index (κ3) is 3.68. The van der Waals surface area contributed by atoms with Crippen molar-refractivity contribution in [3.8, 4) is 0 Å². The molecule has 7 heteroatoms. The summed E-state index contributed by atoms with van der Waals surface area (Å²) < 4.78 is 43.5. The van der Waals surface area contributed by atoms with Gasteiger partial charge in [-0.15, -0.1) is 11.3 Å². The van der Waals surface area contributed by atoms with E-state index in [9.17, 15) is 18.0 Å². The number of aromatic nitrogens is 1. The Kier molecular flexibility index (Phi) is 4.44. The molecule has 0 aliphatic heterocycles. The molecule has 2 rings (SSSR count). The lowest BCUT2D eigenvalue weighted by molar-refractivity contribution is -0.205. The topological polar surface area (TPSA) is 39.2 Å². The molecule has 0 unspecified atom stereocenters. The Balaban J connectivity index is 1.95. The molecule has 19 heavy (non-hydrogen) atoms. The van der Waals surface area contributed by atoms with Crippen molar-refractivity contribution in [2.45, 2.75) is 38.5 Å². The third-order valence-corrected chi connectivity index (χ3v) is 4.06. The quantitative estimate of drug-likeness (QED) is 0.800. The van der Waals surface area contributed by atoms with Crippen molar-refractivity contribution in [1.82, 2.24) is 4.98 Å². The van der Waals surface area contributed by atoms with Crippen LogP contribution in [0.25, 0.3) is 0 Å². The largest absolute Gasteiger partial charge is 0.458 e. The zero-order valence-electron chi connectivity index (χ0n) is 10.2. The summed E-state index contributed by atoms with van der Waals surface area (Å²) in [4.78, 5) is 15.7. The highest BCUT2D eigenvalue weighted by Gasteiger charge is 2.48. The molecule has 3 nitrogen and oxygen atoms in total. The summed E-state index contributed by atoms with van der Waals surface area (Å²) in [5.41, 5.74) is 0. The minimum Gasteiger partial charge on any atom is -0.458 e. The summed E-state index contributed by atoms with van der Waals surface area (Å²) in [5.74, 6) is -3.38. The van der Waals surface area contributed by atoms with Crippen LogP contribution in [-0.4, -0.2) is 17.1 Å². The van der Waals surface area contributed by atoms with Gasteiger partial charge in [-0.05, 0) is 12.8 Å². The van der Waals surface area contributed by atoms with E-state index < -0.39 is 24.0 Å². The Morgan fingerprint density at radius 3 is 2.79 bits per heavy atom. The number of alkyl halides is 3. The first kappa shape index (κ1) is 14.3. The second-order valence-corrected chi connectivity index (χ2v) is 5.55. The lowest BCUT2D eigenvalue weighted by Gasteiger charge is -2.31. The lowest BCUT2D eigenvalue weighted by Crippen LogP contribution is -2.38. The van der Waals surface area contributed by atoms with Crippen LogP contribution in [0.5, 0.6) is 0 Å². The van der Waals surface area contributed by atoms with E-state index in [0.29, 0.717) is 17.8 Å². The van der Waals surface area contributed by atoms with Crippen LogP contribution in [0.15, 0.2) is 11.6 Å². The number of thiazole rings is 1. The Hall–Kier alpha value is -1.11. The van der Waals surface area contributed by atoms with Gasteiger partial charge >= 0.3 is 12.1 Å². The predicted octanol–water partition coefficient (Wildman–Crippen LogP) is 3.56. The highest BCUT2D eigenvalue weighted by atomic mass is 32.1. The van der Waals surface area contributed by atoms with E-state index in [1.165, 1.54) is 11.3 Å². The molecule has 1 aliphatic carbocycles. The standard InChI is InChI=1S/C12H14F3NO2S/c13-12(14,15)9-4-2-1-3-8(9)11(17)18-7-10-16-5-6-19-10/h5-6,8-9H,1-4,7H2/t8-,9+/m0/s1. The molecular weight excluding hydrogens is 279 g/mol. The molecule has 1 aromatic heterocycles. The van der Waals surface area contributed by atoms with E-state index in [4.69, 9.17) is 4.74 Å². The molecule has 106 valence electrons. The van der Waals surface area contributed by atoms with Crippen LogP contribution in [0.2, 0.25) is 0 Å². The van der Waals surface area contributed by atoms with Crippen LogP contribution in [0.4, 0.5) is 13.2 Å². The van der Waals surface area contributed by atoms with E-state index in [0.717, 1.165) is 0 Å². The molecule has 1 aromatic rings. The maximum atomic E-state index is 12.8. The predicted molar refractivity (Wildman–Crippen MR) is 63.4 cm³/mol. The van der Waals surface area contributed by atoms with Gasteiger partial charge in [0, 0.05) is 11.6 Å². The molecule has 0 aromatic carbocycles. The molecule has 0 amide bonds. The van der Waals surface area contributed by atoms with Crippen LogP contribution in [-0.2, 0) is 16.1 Å². The maximum absolute atomic E-state index is 12.8. The Morgan fingerprint density at radius 1 is 1.42 bits per heavy atom. The smallest absolute Gasteiger partial charge is 0.392 e. The fourth-order valence-electron chi connectivity index (χ4n) is 2.37. The fraction of sp³-hybridized carbons (Fsp3) is 0.667. The van der Waals surface area contributed by atoms with E-state index >= 15 is 0 Å². The SMILES string of the molecule is O=C(OCc1nccs1)[C@H]1CCCC[C@H]1C(F)(F)F.